The predicted molar refractivity (Wildman–Crippen MR) is 79.0 cm³/mol. The first-order valence-corrected chi connectivity index (χ1v) is 7.39. The van der Waals surface area contributed by atoms with Gasteiger partial charge >= 0.3 is 5.97 Å². The van der Waals surface area contributed by atoms with Gasteiger partial charge in [0, 0.05) is 0 Å². The van der Waals surface area contributed by atoms with E-state index in [-0.39, 0.29) is 11.4 Å². The second-order valence-electron chi connectivity index (χ2n) is 5.16. The minimum atomic E-state index is -0.346. The lowest BCUT2D eigenvalue weighted by atomic mass is 9.74. The lowest BCUT2D eigenvalue weighted by Gasteiger charge is -2.31. The monoisotopic (exact) mass is 262 g/mol. The molecule has 0 aliphatic carbocycles. The van der Waals surface area contributed by atoms with Gasteiger partial charge in [0.25, 0.3) is 0 Å². The zero-order valence-electron chi connectivity index (χ0n) is 12.4. The van der Waals surface area contributed by atoms with Crippen LogP contribution in [-0.4, -0.2) is 12.6 Å². The van der Waals surface area contributed by atoms with Crippen molar-refractivity contribution < 1.29 is 9.53 Å². The van der Waals surface area contributed by atoms with Crippen molar-refractivity contribution in [2.24, 2.45) is 5.41 Å². The lowest BCUT2D eigenvalue weighted by molar-refractivity contribution is -0.156. The maximum atomic E-state index is 12.4. The second kappa shape index (κ2) is 7.98. The van der Waals surface area contributed by atoms with E-state index in [0.29, 0.717) is 6.61 Å². The lowest BCUT2D eigenvalue weighted by Crippen LogP contribution is -2.35. The number of hydrogen-bond donors (Lipinski definition) is 0. The molecule has 0 N–H and O–H groups in total. The van der Waals surface area contributed by atoms with Crippen molar-refractivity contribution >= 4 is 5.97 Å². The largest absolute Gasteiger partial charge is 0.466 e. The van der Waals surface area contributed by atoms with Gasteiger partial charge in [-0.25, -0.2) is 0 Å². The first-order chi connectivity index (χ1) is 9.18. The van der Waals surface area contributed by atoms with Gasteiger partial charge in [0.05, 0.1) is 12.0 Å². The van der Waals surface area contributed by atoms with E-state index in [2.05, 4.69) is 26.0 Å². The first-order valence-electron chi connectivity index (χ1n) is 7.39. The second-order valence-corrected chi connectivity index (χ2v) is 5.16. The number of carbonyl (C=O) groups is 1. The molecule has 2 nitrogen and oxygen atoms in total. The standard InChI is InChI=1S/C17H26O2/c1-4-12-17(13-5-2,16(18)19-6-3)14-15-10-8-7-9-11-15/h7-11H,4-6,12-14H2,1-3H3. The van der Waals surface area contributed by atoms with Gasteiger partial charge in [-0.2, -0.15) is 0 Å². The van der Waals surface area contributed by atoms with Crippen molar-refractivity contribution in [2.45, 2.75) is 52.9 Å². The third-order valence-electron chi connectivity index (χ3n) is 3.55. The highest BCUT2D eigenvalue weighted by atomic mass is 16.5. The Morgan fingerprint density at radius 2 is 1.63 bits per heavy atom. The summed E-state index contributed by atoms with van der Waals surface area (Å²) in [5, 5.41) is 0. The molecule has 19 heavy (non-hydrogen) atoms. The highest BCUT2D eigenvalue weighted by Crippen LogP contribution is 2.35. The van der Waals surface area contributed by atoms with Gasteiger partial charge in [-0.3, -0.25) is 4.79 Å². The summed E-state index contributed by atoms with van der Waals surface area (Å²) in [6.07, 6.45) is 4.59. The molecule has 0 bridgehead atoms. The van der Waals surface area contributed by atoms with Gasteiger partial charge in [0.2, 0.25) is 0 Å². The minimum absolute atomic E-state index is 0.0254. The molecule has 0 amide bonds. The van der Waals surface area contributed by atoms with Crippen molar-refractivity contribution in [2.75, 3.05) is 6.61 Å². The van der Waals surface area contributed by atoms with Gasteiger partial charge in [0.1, 0.15) is 0 Å². The molecule has 0 saturated carbocycles. The summed E-state index contributed by atoms with van der Waals surface area (Å²) in [5.74, 6) is -0.0254. The Hall–Kier alpha value is -1.31. The number of benzene rings is 1. The predicted octanol–water partition coefficient (Wildman–Crippen LogP) is 4.38. The normalized spacial score (nSPS) is 11.3. The molecule has 1 rings (SSSR count). The molecule has 0 radical (unpaired) electrons. The van der Waals surface area contributed by atoms with Crippen molar-refractivity contribution in [3.63, 3.8) is 0 Å². The van der Waals surface area contributed by atoms with E-state index < -0.39 is 0 Å². The Bertz CT molecular complexity index is 364. The average molecular weight is 262 g/mol. The van der Waals surface area contributed by atoms with Crippen LogP contribution in [0.2, 0.25) is 0 Å². The van der Waals surface area contributed by atoms with Gasteiger partial charge < -0.3 is 4.74 Å². The summed E-state index contributed by atoms with van der Waals surface area (Å²) in [5.41, 5.74) is 0.873. The van der Waals surface area contributed by atoms with E-state index in [1.165, 1.54) is 5.56 Å². The fourth-order valence-corrected chi connectivity index (χ4v) is 2.81. The number of ether oxygens (including phenoxy) is 1. The molecule has 0 heterocycles. The van der Waals surface area contributed by atoms with Crippen LogP contribution in [0.25, 0.3) is 0 Å². The van der Waals surface area contributed by atoms with Crippen LogP contribution in [0.3, 0.4) is 0 Å². The molecule has 0 fully saturated rings. The summed E-state index contributed by atoms with van der Waals surface area (Å²) < 4.78 is 5.35. The van der Waals surface area contributed by atoms with Crippen LogP contribution in [0.4, 0.5) is 0 Å². The molecular weight excluding hydrogens is 236 g/mol. The smallest absolute Gasteiger partial charge is 0.312 e. The summed E-state index contributed by atoms with van der Waals surface area (Å²) >= 11 is 0. The number of esters is 1. The Balaban J connectivity index is 2.97. The van der Waals surface area contributed by atoms with Crippen LogP contribution in [0.1, 0.15) is 52.0 Å². The fraction of sp³-hybridized carbons (Fsp3) is 0.588. The average Bonchev–Trinajstić information content (AvgIpc) is 2.40. The van der Waals surface area contributed by atoms with E-state index in [9.17, 15) is 4.79 Å². The van der Waals surface area contributed by atoms with Gasteiger partial charge in [-0.05, 0) is 31.7 Å². The van der Waals surface area contributed by atoms with Gasteiger partial charge in [-0.1, -0.05) is 57.0 Å². The number of hydrogen-bond acceptors (Lipinski definition) is 2. The van der Waals surface area contributed by atoms with Gasteiger partial charge in [-0.15, -0.1) is 0 Å². The van der Waals surface area contributed by atoms with Crippen LogP contribution >= 0.6 is 0 Å². The number of carbonyl (C=O) groups excluding carboxylic acids is 1. The third kappa shape index (κ3) is 4.38. The first kappa shape index (κ1) is 15.7. The van der Waals surface area contributed by atoms with E-state index in [0.717, 1.165) is 32.1 Å². The molecule has 0 saturated heterocycles. The molecule has 2 heteroatoms. The Morgan fingerprint density at radius 1 is 1.05 bits per heavy atom. The zero-order valence-corrected chi connectivity index (χ0v) is 12.4. The molecule has 0 aromatic heterocycles. The zero-order chi connectivity index (χ0) is 14.1. The molecule has 0 atom stereocenters. The molecule has 1 aromatic rings. The summed E-state index contributed by atoms with van der Waals surface area (Å²) in [4.78, 5) is 12.4. The summed E-state index contributed by atoms with van der Waals surface area (Å²) in [6.45, 7) is 6.61. The molecule has 0 aliphatic heterocycles. The van der Waals surface area contributed by atoms with Crippen molar-refractivity contribution in [1.29, 1.82) is 0 Å². The van der Waals surface area contributed by atoms with Crippen LogP contribution in [-0.2, 0) is 16.0 Å². The van der Waals surface area contributed by atoms with E-state index in [1.807, 2.05) is 25.1 Å². The minimum Gasteiger partial charge on any atom is -0.466 e. The molecule has 0 aliphatic rings. The SMILES string of the molecule is CCCC(CCC)(Cc1ccccc1)C(=O)OCC. The van der Waals surface area contributed by atoms with Gasteiger partial charge in [0.15, 0.2) is 0 Å². The quantitative estimate of drug-likeness (QED) is 0.650. The highest BCUT2D eigenvalue weighted by Gasteiger charge is 2.38. The van der Waals surface area contributed by atoms with E-state index in [1.54, 1.807) is 0 Å². The molecule has 106 valence electrons. The number of rotatable bonds is 8. The molecule has 0 unspecified atom stereocenters. The van der Waals surface area contributed by atoms with E-state index in [4.69, 9.17) is 4.74 Å². The summed E-state index contributed by atoms with van der Waals surface area (Å²) in [6, 6.07) is 10.3. The topological polar surface area (TPSA) is 26.3 Å². The van der Waals surface area contributed by atoms with Crippen molar-refractivity contribution in [1.82, 2.24) is 0 Å². The Labute approximate surface area is 117 Å². The molecule has 1 aromatic carbocycles. The van der Waals surface area contributed by atoms with Crippen LogP contribution in [0.15, 0.2) is 30.3 Å². The Kier molecular flexibility index (Phi) is 6.61. The maximum absolute atomic E-state index is 12.4. The molecular formula is C17H26O2. The Morgan fingerprint density at radius 3 is 2.11 bits per heavy atom. The third-order valence-corrected chi connectivity index (χ3v) is 3.55. The van der Waals surface area contributed by atoms with Crippen LogP contribution < -0.4 is 0 Å². The summed E-state index contributed by atoms with van der Waals surface area (Å²) in [7, 11) is 0. The van der Waals surface area contributed by atoms with Crippen LogP contribution in [0, 0.1) is 5.41 Å². The van der Waals surface area contributed by atoms with E-state index >= 15 is 0 Å². The molecule has 0 spiro atoms. The van der Waals surface area contributed by atoms with Crippen molar-refractivity contribution in [3.05, 3.63) is 35.9 Å². The van der Waals surface area contributed by atoms with Crippen LogP contribution in [0.5, 0.6) is 0 Å². The van der Waals surface area contributed by atoms with Crippen molar-refractivity contribution in [3.8, 4) is 0 Å². The maximum Gasteiger partial charge on any atom is 0.312 e. The fourth-order valence-electron chi connectivity index (χ4n) is 2.81. The highest BCUT2D eigenvalue weighted by molar-refractivity contribution is 5.77.